The highest BCUT2D eigenvalue weighted by Crippen LogP contribution is 2.52. The first kappa shape index (κ1) is 81.1. The molecular weight excluding hydrogens is 1190 g/mol. The minimum Gasteiger partial charge on any atom is -0.463 e. The lowest BCUT2D eigenvalue weighted by atomic mass is 9.91. The lowest BCUT2D eigenvalue weighted by Crippen LogP contribution is -2.66. The summed E-state index contributed by atoms with van der Waals surface area (Å²) in [5.41, 5.74) is 0. The Morgan fingerprint density at radius 3 is 1.40 bits per heavy atom. The summed E-state index contributed by atoms with van der Waals surface area (Å²) >= 11 is 0. The number of phosphoric ester groups is 1. The van der Waals surface area contributed by atoms with Crippen molar-refractivity contribution in [3.8, 4) is 11.5 Å². The molecule has 90 heavy (non-hydrogen) atoms. The highest BCUT2D eigenvalue weighted by atomic mass is 31.2. The first-order chi connectivity index (χ1) is 43.3. The maximum atomic E-state index is 15.6. The van der Waals surface area contributed by atoms with Gasteiger partial charge in [-0.15, -0.1) is 0 Å². The van der Waals surface area contributed by atoms with E-state index < -0.39 is 79.3 Å². The molecule has 14 nitrogen and oxygen atoms in total. The van der Waals surface area contributed by atoms with Crippen LogP contribution in [0.1, 0.15) is 252 Å². The Bertz CT molecular complexity index is 2100. The van der Waals surface area contributed by atoms with E-state index in [2.05, 4.69) is 65.4 Å². The van der Waals surface area contributed by atoms with Crippen LogP contribution in [-0.4, -0.2) is 97.4 Å². The van der Waals surface area contributed by atoms with Crippen LogP contribution in [0.2, 0.25) is 51.4 Å². The van der Waals surface area contributed by atoms with Crippen molar-refractivity contribution in [2.45, 2.75) is 341 Å². The highest BCUT2D eigenvalue weighted by molar-refractivity contribution is 7.49. The second-order valence-corrected chi connectivity index (χ2v) is 40.9. The SMILES string of the molecule is CCCCCCCCCCCCCCC(CCCCCCCCCCC)CC(=O)O[C@@H]1[C@@H](NC(=O)C[C@@H](CCCCCCCCCCC)OCOCC[Si](C)(C)C)[C@H](OCC[Si](C)(C)C)O[C@H](COC(C)=O)[C@H]1OP(=O)(Oc1ccccc1)Oc1ccccc1. The molecule has 0 aromatic heterocycles. The quantitative estimate of drug-likeness (QED) is 0.0219. The molecule has 3 rings (SSSR count). The fourth-order valence-corrected chi connectivity index (χ4v) is 14.4. The van der Waals surface area contributed by atoms with Gasteiger partial charge in [0.2, 0.25) is 5.91 Å². The summed E-state index contributed by atoms with van der Waals surface area (Å²) in [6.07, 6.45) is 32.9. The van der Waals surface area contributed by atoms with Crippen LogP contribution < -0.4 is 14.4 Å². The first-order valence-electron chi connectivity index (χ1n) is 36.2. The Kier molecular flexibility index (Phi) is 44.6. The van der Waals surface area contributed by atoms with Gasteiger partial charge in [0, 0.05) is 42.7 Å². The number of para-hydroxylation sites is 2. The summed E-state index contributed by atoms with van der Waals surface area (Å²) in [6.45, 7) is 22.2. The smallest absolute Gasteiger partial charge is 0.463 e. The number of amides is 1. The maximum absolute atomic E-state index is 15.6. The number of phosphoric acid groups is 1. The van der Waals surface area contributed by atoms with Crippen LogP contribution >= 0.6 is 7.82 Å². The van der Waals surface area contributed by atoms with Crippen molar-refractivity contribution in [3.63, 3.8) is 0 Å². The second kappa shape index (κ2) is 49.5. The minimum absolute atomic E-state index is 0.0256. The molecule has 1 aliphatic heterocycles. The van der Waals surface area contributed by atoms with Crippen LogP contribution in [0, 0.1) is 5.92 Å². The standard InChI is InChI=1S/C73H130NO13PSi2/c1-11-14-17-20-23-26-27-28-31-33-36-41-48-63(47-40-35-32-29-24-21-18-15-12-2)58-69(77)84-72-70(74-68(76)59-66(82-61-79-54-56-89(5,6)7)53-42-37-34-30-25-22-19-16-13-3)73(80-55-57-90(8,9)10)83-67(60-81-62(4)75)71(72)87-88(78,85-64-49-43-38-44-50-64)86-65-51-45-39-46-52-65/h38-39,43-46,49-52,63,66-67,70-73H,11-37,40-42,47-48,53-61H2,1-10H3,(H,74,76)/t63?,66-,67-,70-,71-,72-,73-/m1/s1. The zero-order valence-corrected chi connectivity index (χ0v) is 61.5. The average molecular weight is 1320 g/mol. The van der Waals surface area contributed by atoms with Gasteiger partial charge >= 0.3 is 19.8 Å². The van der Waals surface area contributed by atoms with Gasteiger partial charge in [0.1, 0.15) is 43.1 Å². The van der Waals surface area contributed by atoms with Crippen molar-refractivity contribution in [2.75, 3.05) is 26.6 Å². The molecule has 1 aliphatic rings. The molecule has 1 saturated heterocycles. The van der Waals surface area contributed by atoms with Gasteiger partial charge in [0.25, 0.3) is 0 Å². The fourth-order valence-electron chi connectivity index (χ4n) is 11.5. The van der Waals surface area contributed by atoms with Gasteiger partial charge in [-0.2, -0.15) is 0 Å². The van der Waals surface area contributed by atoms with Crippen LogP contribution in [0.3, 0.4) is 0 Å². The van der Waals surface area contributed by atoms with Gasteiger partial charge in [0.15, 0.2) is 12.4 Å². The summed E-state index contributed by atoms with van der Waals surface area (Å²) in [5.74, 6) is -1.05. The molecule has 0 spiro atoms. The molecule has 0 aliphatic carbocycles. The predicted molar refractivity (Wildman–Crippen MR) is 374 cm³/mol. The maximum Gasteiger partial charge on any atom is 0.588 e. The van der Waals surface area contributed by atoms with Crippen molar-refractivity contribution < 1.29 is 60.9 Å². The molecule has 518 valence electrons. The number of carbonyl (C=O) groups is 3. The van der Waals surface area contributed by atoms with E-state index in [0.717, 1.165) is 69.9 Å². The summed E-state index contributed by atoms with van der Waals surface area (Å²) in [7, 11) is -7.86. The third kappa shape index (κ3) is 40.9. The Labute approximate surface area is 550 Å². The monoisotopic (exact) mass is 1320 g/mol. The van der Waals surface area contributed by atoms with Gasteiger partial charge in [-0.1, -0.05) is 289 Å². The average Bonchev–Trinajstić information content (AvgIpc) is 0.788. The highest BCUT2D eigenvalue weighted by Gasteiger charge is 2.54. The molecule has 1 amide bonds. The third-order valence-electron chi connectivity index (χ3n) is 17.1. The van der Waals surface area contributed by atoms with E-state index in [1.165, 1.54) is 155 Å². The van der Waals surface area contributed by atoms with Gasteiger partial charge < -0.3 is 42.8 Å². The van der Waals surface area contributed by atoms with Crippen molar-refractivity contribution in [1.82, 2.24) is 5.32 Å². The van der Waals surface area contributed by atoms with Gasteiger partial charge in [-0.05, 0) is 61.5 Å². The molecule has 1 heterocycles. The van der Waals surface area contributed by atoms with Crippen LogP contribution in [0.25, 0.3) is 0 Å². The molecule has 0 bridgehead atoms. The Morgan fingerprint density at radius 2 is 0.967 bits per heavy atom. The van der Waals surface area contributed by atoms with Gasteiger partial charge in [-0.3, -0.25) is 18.9 Å². The number of hydrogen-bond donors (Lipinski definition) is 1. The molecule has 2 aromatic carbocycles. The van der Waals surface area contributed by atoms with Crippen molar-refractivity contribution >= 4 is 41.8 Å². The lowest BCUT2D eigenvalue weighted by Gasteiger charge is -2.46. The van der Waals surface area contributed by atoms with E-state index in [1.54, 1.807) is 60.7 Å². The van der Waals surface area contributed by atoms with E-state index in [0.29, 0.717) is 13.0 Å². The van der Waals surface area contributed by atoms with Crippen molar-refractivity contribution in [1.29, 1.82) is 0 Å². The predicted octanol–water partition coefficient (Wildman–Crippen LogP) is 20.7. The van der Waals surface area contributed by atoms with E-state index in [9.17, 15) is 4.79 Å². The van der Waals surface area contributed by atoms with E-state index >= 15 is 14.2 Å². The summed E-state index contributed by atoms with van der Waals surface area (Å²) < 4.78 is 73.3. The van der Waals surface area contributed by atoms with Gasteiger partial charge in [-0.25, -0.2) is 4.57 Å². The molecular formula is C73H130NO13PSi2. The minimum atomic E-state index is -4.79. The summed E-state index contributed by atoms with van der Waals surface area (Å²) in [5, 5.41) is 3.23. The number of ether oxygens (including phenoxy) is 6. The van der Waals surface area contributed by atoms with E-state index in [1.807, 2.05) is 0 Å². The Balaban J connectivity index is 2.10. The second-order valence-electron chi connectivity index (χ2n) is 28.2. The molecule has 0 radical (unpaired) electrons. The number of benzene rings is 2. The van der Waals surface area contributed by atoms with E-state index in [4.69, 9.17) is 42.0 Å². The van der Waals surface area contributed by atoms with Crippen LogP contribution in [0.15, 0.2) is 60.7 Å². The number of esters is 2. The number of carbonyl (C=O) groups excluding carboxylic acids is 3. The molecule has 7 atom stereocenters. The molecule has 0 saturated carbocycles. The Morgan fingerprint density at radius 1 is 0.544 bits per heavy atom. The number of nitrogens with one attached hydrogen (secondary N) is 1. The van der Waals surface area contributed by atoms with Crippen molar-refractivity contribution in [3.05, 3.63) is 60.7 Å². The first-order valence-corrected chi connectivity index (χ1v) is 45.1. The number of rotatable bonds is 57. The molecule has 1 fully saturated rings. The van der Waals surface area contributed by atoms with Crippen molar-refractivity contribution in [2.24, 2.45) is 5.92 Å². The topological polar surface area (TPSA) is 163 Å². The molecule has 1 unspecified atom stereocenters. The molecule has 1 N–H and O–H groups in total. The third-order valence-corrected chi connectivity index (χ3v) is 21.8. The van der Waals surface area contributed by atoms with E-state index in [-0.39, 0.29) is 49.6 Å². The van der Waals surface area contributed by atoms with Crippen LogP contribution in [-0.2, 0) is 51.9 Å². The zero-order chi connectivity index (χ0) is 65.6. The largest absolute Gasteiger partial charge is 0.588 e. The summed E-state index contributed by atoms with van der Waals surface area (Å²) in [4.78, 5) is 43.0. The van der Waals surface area contributed by atoms with Gasteiger partial charge in [0.05, 0.1) is 12.5 Å². The fraction of sp³-hybridized carbons (Fsp3) is 0.795. The molecule has 17 heteroatoms. The number of unbranched alkanes of at least 4 members (excludes halogenated alkanes) is 27. The Hall–Kier alpha value is -3.09. The van der Waals surface area contributed by atoms with Crippen LogP contribution in [0.4, 0.5) is 0 Å². The zero-order valence-electron chi connectivity index (χ0n) is 58.6. The normalized spacial score (nSPS) is 17.8. The lowest BCUT2D eigenvalue weighted by molar-refractivity contribution is -0.271. The summed E-state index contributed by atoms with van der Waals surface area (Å²) in [6, 6.07) is 17.6. The number of hydrogen-bond acceptors (Lipinski definition) is 13. The molecule has 2 aromatic rings. The van der Waals surface area contributed by atoms with Crippen LogP contribution in [0.5, 0.6) is 11.5 Å².